The first kappa shape index (κ1) is 17.1. The molecule has 9 heteroatoms. The maximum Gasteiger partial charge on any atom is 0.239 e. The van der Waals surface area contributed by atoms with Crippen LogP contribution in [0.5, 0.6) is 0 Å². The molecule has 0 amide bonds. The van der Waals surface area contributed by atoms with Crippen molar-refractivity contribution in [1.82, 2.24) is 29.1 Å². The smallest absolute Gasteiger partial charge is 0.239 e. The number of ether oxygens (including phenoxy) is 1. The fourth-order valence-electron chi connectivity index (χ4n) is 3.64. The summed E-state index contributed by atoms with van der Waals surface area (Å²) in [5, 5.41) is 9.53. The Balaban J connectivity index is 1.76. The molecule has 4 aromatic rings. The number of morpholine rings is 1. The zero-order valence-electron chi connectivity index (χ0n) is 15.6. The molecule has 4 heterocycles. The average Bonchev–Trinajstić information content (AvgIpc) is 3.28. The number of imidazole rings is 2. The number of para-hydroxylation sites is 2. The molecule has 0 unspecified atom stereocenters. The van der Waals surface area contributed by atoms with E-state index in [9.17, 15) is 5.11 Å². The van der Waals surface area contributed by atoms with Crippen LogP contribution in [0.15, 0.2) is 30.6 Å². The van der Waals surface area contributed by atoms with Gasteiger partial charge in [0.25, 0.3) is 0 Å². The Hall–Kier alpha value is -3.04. The molecule has 5 rings (SSSR count). The maximum atomic E-state index is 9.53. The van der Waals surface area contributed by atoms with E-state index >= 15 is 0 Å². The summed E-state index contributed by atoms with van der Waals surface area (Å²) in [6.45, 7) is 2.86. The van der Waals surface area contributed by atoms with Gasteiger partial charge < -0.3 is 19.3 Å². The summed E-state index contributed by atoms with van der Waals surface area (Å²) in [7, 11) is 1.93. The first-order valence-electron chi connectivity index (χ1n) is 9.35. The van der Waals surface area contributed by atoms with Crippen molar-refractivity contribution in [2.75, 3.05) is 37.8 Å². The number of benzene rings is 1. The largest absolute Gasteiger partial charge is 0.396 e. The Morgan fingerprint density at radius 3 is 2.75 bits per heavy atom. The number of aromatic nitrogens is 6. The van der Waals surface area contributed by atoms with Gasteiger partial charge in [0.2, 0.25) is 5.95 Å². The molecule has 0 spiro atoms. The summed E-state index contributed by atoms with van der Waals surface area (Å²) >= 11 is 0. The van der Waals surface area contributed by atoms with Crippen LogP contribution in [-0.4, -0.2) is 67.1 Å². The number of rotatable bonds is 4. The van der Waals surface area contributed by atoms with Gasteiger partial charge in [-0.25, -0.2) is 9.97 Å². The normalized spacial score (nSPS) is 15.0. The minimum absolute atomic E-state index is 0.00754. The molecule has 0 aliphatic carbocycles. The molecule has 0 radical (unpaired) electrons. The zero-order chi connectivity index (χ0) is 19.1. The van der Waals surface area contributed by atoms with E-state index in [1.54, 1.807) is 6.33 Å². The van der Waals surface area contributed by atoms with E-state index in [-0.39, 0.29) is 6.61 Å². The predicted octanol–water partition coefficient (Wildman–Crippen LogP) is 1.07. The molecule has 0 bridgehead atoms. The van der Waals surface area contributed by atoms with E-state index in [1.165, 1.54) is 0 Å². The van der Waals surface area contributed by atoms with Crippen LogP contribution < -0.4 is 4.90 Å². The van der Waals surface area contributed by atoms with Crippen LogP contribution in [0.1, 0.15) is 5.82 Å². The molecular weight excluding hydrogens is 358 g/mol. The van der Waals surface area contributed by atoms with Crippen molar-refractivity contribution in [3.05, 3.63) is 36.4 Å². The van der Waals surface area contributed by atoms with E-state index in [4.69, 9.17) is 14.7 Å². The topological polar surface area (TPSA) is 94.1 Å². The van der Waals surface area contributed by atoms with E-state index in [2.05, 4.69) is 14.9 Å². The Morgan fingerprint density at radius 2 is 1.93 bits per heavy atom. The highest BCUT2D eigenvalue weighted by atomic mass is 16.5. The third kappa shape index (κ3) is 2.71. The van der Waals surface area contributed by atoms with Gasteiger partial charge in [-0.05, 0) is 12.1 Å². The molecule has 9 nitrogen and oxygen atoms in total. The third-order valence-corrected chi connectivity index (χ3v) is 5.01. The van der Waals surface area contributed by atoms with Crippen LogP contribution >= 0.6 is 0 Å². The lowest BCUT2D eigenvalue weighted by molar-refractivity contribution is 0.122. The second-order valence-electron chi connectivity index (χ2n) is 6.80. The standard InChI is InChI=1S/C19H21N7O2/c1-24-12-20-16-17(24)22-19(23-18(16)25-7-10-28-11-8-25)26-14-5-3-2-4-13(14)21-15(26)6-9-27/h2-5,12,27H,6-11H2,1H3. The molecule has 1 aliphatic heterocycles. The summed E-state index contributed by atoms with van der Waals surface area (Å²) in [5.41, 5.74) is 3.31. The number of hydrogen-bond acceptors (Lipinski definition) is 7. The van der Waals surface area contributed by atoms with Gasteiger partial charge in [0.15, 0.2) is 17.0 Å². The van der Waals surface area contributed by atoms with Gasteiger partial charge in [0.1, 0.15) is 5.82 Å². The number of aryl methyl sites for hydroxylation is 1. The van der Waals surface area contributed by atoms with Gasteiger partial charge in [-0.3, -0.25) is 4.57 Å². The van der Waals surface area contributed by atoms with Crippen molar-refractivity contribution in [3.8, 4) is 5.95 Å². The summed E-state index contributed by atoms with van der Waals surface area (Å²) in [6, 6.07) is 7.87. The molecule has 1 aromatic carbocycles. The SMILES string of the molecule is Cn1cnc2c(N3CCOCC3)nc(-n3c(CCO)nc4ccccc43)nc21. The van der Waals surface area contributed by atoms with Crippen LogP contribution in [-0.2, 0) is 18.2 Å². The molecule has 3 aromatic heterocycles. The number of nitrogens with zero attached hydrogens (tertiary/aromatic N) is 7. The summed E-state index contributed by atoms with van der Waals surface area (Å²) in [4.78, 5) is 21.1. The van der Waals surface area contributed by atoms with Crippen LogP contribution in [0.25, 0.3) is 28.1 Å². The lowest BCUT2D eigenvalue weighted by Gasteiger charge is -2.28. The number of aliphatic hydroxyl groups is 1. The summed E-state index contributed by atoms with van der Waals surface area (Å²) in [5.74, 6) is 2.07. The monoisotopic (exact) mass is 379 g/mol. The highest BCUT2D eigenvalue weighted by molar-refractivity contribution is 5.85. The van der Waals surface area contributed by atoms with E-state index in [1.807, 2.05) is 40.4 Å². The lowest BCUT2D eigenvalue weighted by atomic mass is 10.3. The van der Waals surface area contributed by atoms with Crippen LogP contribution in [0.3, 0.4) is 0 Å². The van der Waals surface area contributed by atoms with E-state index in [0.29, 0.717) is 25.6 Å². The van der Waals surface area contributed by atoms with Crippen molar-refractivity contribution in [2.45, 2.75) is 6.42 Å². The second-order valence-corrected chi connectivity index (χ2v) is 6.80. The highest BCUT2D eigenvalue weighted by Gasteiger charge is 2.22. The van der Waals surface area contributed by atoms with Crippen molar-refractivity contribution in [3.63, 3.8) is 0 Å². The fraction of sp³-hybridized carbons (Fsp3) is 0.368. The lowest BCUT2D eigenvalue weighted by Crippen LogP contribution is -2.37. The minimum atomic E-state index is 0.00754. The average molecular weight is 379 g/mol. The van der Waals surface area contributed by atoms with Gasteiger partial charge >= 0.3 is 0 Å². The summed E-state index contributed by atoms with van der Waals surface area (Å²) < 4.78 is 9.33. The van der Waals surface area contributed by atoms with E-state index < -0.39 is 0 Å². The van der Waals surface area contributed by atoms with Crippen molar-refractivity contribution >= 4 is 28.0 Å². The maximum absolute atomic E-state index is 9.53. The number of anilines is 1. The second kappa shape index (κ2) is 6.84. The van der Waals surface area contributed by atoms with Crippen molar-refractivity contribution in [2.24, 2.45) is 7.05 Å². The number of aliphatic hydroxyl groups excluding tert-OH is 1. The van der Waals surface area contributed by atoms with Gasteiger partial charge in [-0.15, -0.1) is 0 Å². The Bertz CT molecular complexity index is 1140. The molecular formula is C19H21N7O2. The van der Waals surface area contributed by atoms with Gasteiger partial charge in [0.05, 0.1) is 37.2 Å². The predicted molar refractivity (Wildman–Crippen MR) is 105 cm³/mol. The van der Waals surface area contributed by atoms with Crippen LogP contribution in [0.2, 0.25) is 0 Å². The minimum Gasteiger partial charge on any atom is -0.396 e. The molecule has 1 aliphatic rings. The Morgan fingerprint density at radius 1 is 1.11 bits per heavy atom. The van der Waals surface area contributed by atoms with Crippen molar-refractivity contribution < 1.29 is 9.84 Å². The Kier molecular flexibility index (Phi) is 4.18. The Labute approximate surface area is 161 Å². The molecule has 0 saturated carbocycles. The number of hydrogen-bond donors (Lipinski definition) is 1. The number of fused-ring (bicyclic) bond motifs is 2. The quantitative estimate of drug-likeness (QED) is 0.567. The van der Waals surface area contributed by atoms with Gasteiger partial charge in [0, 0.05) is 26.6 Å². The molecule has 144 valence electrons. The first-order chi connectivity index (χ1) is 13.8. The molecule has 0 atom stereocenters. The molecule has 1 fully saturated rings. The molecule has 1 saturated heterocycles. The van der Waals surface area contributed by atoms with E-state index in [0.717, 1.165) is 46.9 Å². The zero-order valence-corrected chi connectivity index (χ0v) is 15.6. The summed E-state index contributed by atoms with van der Waals surface area (Å²) in [6.07, 6.45) is 2.18. The van der Waals surface area contributed by atoms with Crippen molar-refractivity contribution in [1.29, 1.82) is 0 Å². The van der Waals surface area contributed by atoms with Crippen LogP contribution in [0, 0.1) is 0 Å². The first-order valence-corrected chi connectivity index (χ1v) is 9.35. The van der Waals surface area contributed by atoms with Crippen LogP contribution in [0.4, 0.5) is 5.82 Å². The molecule has 1 N–H and O–H groups in total. The third-order valence-electron chi connectivity index (χ3n) is 5.01. The molecule has 28 heavy (non-hydrogen) atoms. The highest BCUT2D eigenvalue weighted by Crippen LogP contribution is 2.27. The van der Waals surface area contributed by atoms with Gasteiger partial charge in [-0.2, -0.15) is 9.97 Å². The van der Waals surface area contributed by atoms with Gasteiger partial charge in [-0.1, -0.05) is 12.1 Å². The fourth-order valence-corrected chi connectivity index (χ4v) is 3.64.